The van der Waals surface area contributed by atoms with E-state index in [1.807, 2.05) is 6.92 Å². The first-order valence-electron chi connectivity index (χ1n) is 6.55. The van der Waals surface area contributed by atoms with Crippen LogP contribution in [-0.2, 0) is 19.1 Å². The summed E-state index contributed by atoms with van der Waals surface area (Å²) in [7, 11) is 0. The van der Waals surface area contributed by atoms with Gasteiger partial charge in [-0.25, -0.2) is 0 Å². The lowest BCUT2D eigenvalue weighted by Crippen LogP contribution is -2.24. The van der Waals surface area contributed by atoms with Crippen molar-refractivity contribution in [2.45, 2.75) is 58.5 Å². The Morgan fingerprint density at radius 1 is 1.11 bits per heavy atom. The van der Waals surface area contributed by atoms with Gasteiger partial charge in [0.25, 0.3) is 0 Å². The highest BCUT2D eigenvalue weighted by Gasteiger charge is 2.18. The predicted octanol–water partition coefficient (Wildman–Crippen LogP) is 3.06. The molecule has 0 fully saturated rings. The molecule has 0 saturated heterocycles. The van der Waals surface area contributed by atoms with E-state index in [0.717, 1.165) is 25.7 Å². The molecule has 4 nitrogen and oxygen atoms in total. The fourth-order valence-electron chi connectivity index (χ4n) is 1.36. The minimum Gasteiger partial charge on any atom is -0.466 e. The Morgan fingerprint density at radius 3 is 2.39 bits per heavy atom. The van der Waals surface area contributed by atoms with Crippen molar-refractivity contribution in [3.8, 4) is 0 Å². The topological polar surface area (TPSA) is 52.6 Å². The molecule has 0 rings (SSSR count). The van der Waals surface area contributed by atoms with Crippen LogP contribution in [0.3, 0.4) is 0 Å². The Hall–Kier alpha value is -0.770. The third kappa shape index (κ3) is 9.28. The maximum atomic E-state index is 11.4. The quantitative estimate of drug-likeness (QED) is 0.350. The fraction of sp³-hybridized carbons (Fsp3) is 0.846. The van der Waals surface area contributed by atoms with Gasteiger partial charge < -0.3 is 9.47 Å². The van der Waals surface area contributed by atoms with Crippen molar-refractivity contribution < 1.29 is 19.1 Å². The number of rotatable bonds is 10. The van der Waals surface area contributed by atoms with E-state index >= 15 is 0 Å². The smallest absolute Gasteiger partial charge is 0.309 e. The fourth-order valence-corrected chi connectivity index (χ4v) is 1.53. The molecule has 0 amide bonds. The van der Waals surface area contributed by atoms with Crippen LogP contribution >= 0.6 is 11.6 Å². The van der Waals surface area contributed by atoms with E-state index in [2.05, 4.69) is 6.92 Å². The number of hydrogen-bond donors (Lipinski definition) is 0. The maximum absolute atomic E-state index is 11.4. The second kappa shape index (κ2) is 11.3. The molecule has 0 aromatic heterocycles. The van der Waals surface area contributed by atoms with Crippen LogP contribution in [0.15, 0.2) is 0 Å². The van der Waals surface area contributed by atoms with E-state index in [-0.39, 0.29) is 24.2 Å². The number of carbonyl (C=O) groups is 2. The summed E-state index contributed by atoms with van der Waals surface area (Å²) in [4.78, 5) is 22.7. The molecule has 0 aromatic carbocycles. The van der Waals surface area contributed by atoms with Crippen molar-refractivity contribution in [2.24, 2.45) is 0 Å². The Bertz CT molecular complexity index is 243. The molecule has 0 aromatic rings. The third-order valence-electron chi connectivity index (χ3n) is 2.33. The minimum atomic E-state index is -0.579. The maximum Gasteiger partial charge on any atom is 0.309 e. The van der Waals surface area contributed by atoms with Gasteiger partial charge in [0.15, 0.2) is 0 Å². The standard InChI is InChI=1S/C13H23ClO4/c1-3-5-6-8-17-13(16)9-11(10-14)18-12(15)7-4-2/h11H,3-10H2,1-2H3. The molecule has 0 bridgehead atoms. The van der Waals surface area contributed by atoms with Gasteiger partial charge in [-0.3, -0.25) is 9.59 Å². The number of esters is 2. The van der Waals surface area contributed by atoms with E-state index in [1.165, 1.54) is 0 Å². The van der Waals surface area contributed by atoms with Crippen LogP contribution < -0.4 is 0 Å². The molecule has 1 atom stereocenters. The molecule has 1 unspecified atom stereocenters. The molecule has 0 saturated carbocycles. The molecule has 0 N–H and O–H groups in total. The summed E-state index contributed by atoms with van der Waals surface area (Å²) in [6.07, 6.45) is 3.50. The van der Waals surface area contributed by atoms with Crippen LogP contribution in [0.2, 0.25) is 0 Å². The Labute approximate surface area is 114 Å². The van der Waals surface area contributed by atoms with Crippen LogP contribution in [0.1, 0.15) is 52.4 Å². The van der Waals surface area contributed by atoms with Gasteiger partial charge in [0.05, 0.1) is 18.9 Å². The zero-order valence-corrected chi connectivity index (χ0v) is 12.0. The number of ether oxygens (including phenoxy) is 2. The lowest BCUT2D eigenvalue weighted by atomic mass is 10.2. The largest absolute Gasteiger partial charge is 0.466 e. The number of carbonyl (C=O) groups excluding carboxylic acids is 2. The van der Waals surface area contributed by atoms with Crippen molar-refractivity contribution in [3.63, 3.8) is 0 Å². The summed E-state index contributed by atoms with van der Waals surface area (Å²) in [5.74, 6) is -0.567. The number of hydrogen-bond acceptors (Lipinski definition) is 4. The number of halogens is 1. The molecule has 0 radical (unpaired) electrons. The highest BCUT2D eigenvalue weighted by Crippen LogP contribution is 2.06. The van der Waals surface area contributed by atoms with E-state index in [4.69, 9.17) is 21.1 Å². The molecule has 0 spiro atoms. The molecule has 18 heavy (non-hydrogen) atoms. The lowest BCUT2D eigenvalue weighted by molar-refractivity contribution is -0.154. The Morgan fingerprint density at radius 2 is 1.83 bits per heavy atom. The van der Waals surface area contributed by atoms with Crippen molar-refractivity contribution in [1.29, 1.82) is 0 Å². The van der Waals surface area contributed by atoms with E-state index in [1.54, 1.807) is 0 Å². The van der Waals surface area contributed by atoms with Crippen LogP contribution in [0.5, 0.6) is 0 Å². The van der Waals surface area contributed by atoms with Crippen LogP contribution in [-0.4, -0.2) is 30.5 Å². The monoisotopic (exact) mass is 278 g/mol. The first kappa shape index (κ1) is 17.2. The first-order valence-corrected chi connectivity index (χ1v) is 7.08. The summed E-state index contributed by atoms with van der Waals surface area (Å²) >= 11 is 5.65. The number of unbranched alkanes of at least 4 members (excludes halogenated alkanes) is 2. The summed E-state index contributed by atoms with van der Waals surface area (Å²) in [6.45, 7) is 4.39. The second-order valence-electron chi connectivity index (χ2n) is 4.15. The molecule has 0 aliphatic carbocycles. The van der Waals surface area contributed by atoms with E-state index in [9.17, 15) is 9.59 Å². The molecule has 5 heteroatoms. The first-order chi connectivity index (χ1) is 8.63. The van der Waals surface area contributed by atoms with Gasteiger partial charge in [-0.05, 0) is 12.8 Å². The van der Waals surface area contributed by atoms with Gasteiger partial charge in [0, 0.05) is 6.42 Å². The van der Waals surface area contributed by atoms with Gasteiger partial charge in [0.1, 0.15) is 6.10 Å². The molecular weight excluding hydrogens is 256 g/mol. The zero-order chi connectivity index (χ0) is 13.8. The van der Waals surface area contributed by atoms with Gasteiger partial charge in [0.2, 0.25) is 0 Å². The number of alkyl halides is 1. The summed E-state index contributed by atoms with van der Waals surface area (Å²) in [5, 5.41) is 0. The molecule has 0 heterocycles. The second-order valence-corrected chi connectivity index (χ2v) is 4.46. The van der Waals surface area contributed by atoms with Crippen molar-refractivity contribution in [3.05, 3.63) is 0 Å². The summed E-state index contributed by atoms with van der Waals surface area (Å²) in [5.41, 5.74) is 0. The minimum absolute atomic E-state index is 0.0328. The Kier molecular flexibility index (Phi) is 10.8. The molecule has 106 valence electrons. The van der Waals surface area contributed by atoms with Crippen LogP contribution in [0, 0.1) is 0 Å². The molecule has 0 aliphatic heterocycles. The van der Waals surface area contributed by atoms with Gasteiger partial charge in [-0.15, -0.1) is 11.6 Å². The normalized spacial score (nSPS) is 11.9. The van der Waals surface area contributed by atoms with Crippen molar-refractivity contribution in [2.75, 3.05) is 12.5 Å². The zero-order valence-electron chi connectivity index (χ0n) is 11.2. The lowest BCUT2D eigenvalue weighted by Gasteiger charge is -2.14. The highest BCUT2D eigenvalue weighted by molar-refractivity contribution is 6.18. The SMILES string of the molecule is CCCCCOC(=O)CC(CCl)OC(=O)CCC. The van der Waals surface area contributed by atoms with Gasteiger partial charge in [-0.1, -0.05) is 26.7 Å². The Balaban J connectivity index is 3.82. The van der Waals surface area contributed by atoms with E-state index < -0.39 is 6.10 Å². The van der Waals surface area contributed by atoms with Crippen molar-refractivity contribution >= 4 is 23.5 Å². The van der Waals surface area contributed by atoms with Crippen LogP contribution in [0.4, 0.5) is 0 Å². The predicted molar refractivity (Wildman–Crippen MR) is 70.6 cm³/mol. The highest BCUT2D eigenvalue weighted by atomic mass is 35.5. The van der Waals surface area contributed by atoms with E-state index in [0.29, 0.717) is 13.0 Å². The summed E-state index contributed by atoms with van der Waals surface area (Å²) in [6, 6.07) is 0. The van der Waals surface area contributed by atoms with Crippen molar-refractivity contribution in [1.82, 2.24) is 0 Å². The van der Waals surface area contributed by atoms with Crippen LogP contribution in [0.25, 0.3) is 0 Å². The summed E-state index contributed by atoms with van der Waals surface area (Å²) < 4.78 is 10.1. The molecule has 0 aliphatic rings. The average molecular weight is 279 g/mol. The van der Waals surface area contributed by atoms with Gasteiger partial charge in [-0.2, -0.15) is 0 Å². The average Bonchev–Trinajstić information content (AvgIpc) is 2.34. The third-order valence-corrected chi connectivity index (χ3v) is 2.67. The van der Waals surface area contributed by atoms with Gasteiger partial charge >= 0.3 is 11.9 Å². The molecular formula is C13H23ClO4.